The van der Waals surface area contributed by atoms with Gasteiger partial charge in [-0.3, -0.25) is 14.4 Å². The molecule has 1 atom stereocenters. The standard InChI is InChI=1S/C69H126O6/c1-4-7-10-13-16-19-21-23-25-27-28-29-30-31-32-33-34-35-36-37-38-39-40-42-43-45-47-50-53-56-59-62-68(71)74-65-66(64-73-67(70)61-58-55-52-49-18-15-12-9-6-3)75-69(72)63-60-57-54-51-48-46-44-41-26-24-22-20-17-14-11-8-5-2/h7,10,16,19,23,25,28-29,66H,4-6,8-9,11-15,17-18,20-22,24,26-27,30-65H2,1-3H3/b10-7-,19-16-,25-23-,29-28-. The van der Waals surface area contributed by atoms with E-state index in [4.69, 9.17) is 14.2 Å². The largest absolute Gasteiger partial charge is 0.462 e. The van der Waals surface area contributed by atoms with Crippen molar-refractivity contribution in [1.82, 2.24) is 0 Å². The Morgan fingerprint density at radius 2 is 0.520 bits per heavy atom. The van der Waals surface area contributed by atoms with Crippen molar-refractivity contribution in [3.05, 3.63) is 48.6 Å². The van der Waals surface area contributed by atoms with Crippen LogP contribution in [0.4, 0.5) is 0 Å². The van der Waals surface area contributed by atoms with Crippen molar-refractivity contribution in [3.63, 3.8) is 0 Å². The molecule has 0 aromatic rings. The van der Waals surface area contributed by atoms with Crippen molar-refractivity contribution < 1.29 is 28.6 Å². The van der Waals surface area contributed by atoms with Crippen molar-refractivity contribution in [1.29, 1.82) is 0 Å². The summed E-state index contributed by atoms with van der Waals surface area (Å²) in [6.45, 7) is 6.57. The number of carbonyl (C=O) groups is 3. The summed E-state index contributed by atoms with van der Waals surface area (Å²) in [5, 5.41) is 0. The summed E-state index contributed by atoms with van der Waals surface area (Å²) in [6, 6.07) is 0. The van der Waals surface area contributed by atoms with Gasteiger partial charge in [0.05, 0.1) is 0 Å². The average molecular weight is 1050 g/mol. The normalized spacial score (nSPS) is 12.3. The lowest BCUT2D eigenvalue weighted by Gasteiger charge is -2.18. The summed E-state index contributed by atoms with van der Waals surface area (Å²) < 4.78 is 16.9. The first kappa shape index (κ1) is 72.4. The van der Waals surface area contributed by atoms with Gasteiger partial charge in [-0.2, -0.15) is 0 Å². The first-order valence-electron chi connectivity index (χ1n) is 33.1. The molecule has 0 spiro atoms. The van der Waals surface area contributed by atoms with Gasteiger partial charge in [-0.05, 0) is 57.8 Å². The summed E-state index contributed by atoms with van der Waals surface area (Å²) in [5.41, 5.74) is 0. The third kappa shape index (κ3) is 62.1. The summed E-state index contributed by atoms with van der Waals surface area (Å²) in [5.74, 6) is -0.844. The van der Waals surface area contributed by atoms with Crippen LogP contribution in [0.5, 0.6) is 0 Å². The Morgan fingerprint density at radius 1 is 0.280 bits per heavy atom. The average Bonchev–Trinajstić information content (AvgIpc) is 3.41. The highest BCUT2D eigenvalue weighted by Crippen LogP contribution is 2.18. The van der Waals surface area contributed by atoms with Gasteiger partial charge in [-0.25, -0.2) is 0 Å². The van der Waals surface area contributed by atoms with Gasteiger partial charge < -0.3 is 14.2 Å². The topological polar surface area (TPSA) is 78.9 Å². The molecule has 0 bridgehead atoms. The van der Waals surface area contributed by atoms with Crippen molar-refractivity contribution >= 4 is 17.9 Å². The second-order valence-electron chi connectivity index (χ2n) is 22.4. The molecular weight excluding hydrogens is 925 g/mol. The minimum Gasteiger partial charge on any atom is -0.462 e. The van der Waals surface area contributed by atoms with Gasteiger partial charge >= 0.3 is 17.9 Å². The molecule has 6 heteroatoms. The molecule has 0 radical (unpaired) electrons. The summed E-state index contributed by atoms with van der Waals surface area (Å²) >= 11 is 0. The number of rotatable bonds is 61. The molecule has 0 aliphatic carbocycles. The van der Waals surface area contributed by atoms with E-state index in [9.17, 15) is 14.4 Å². The van der Waals surface area contributed by atoms with Crippen LogP contribution in [0.15, 0.2) is 48.6 Å². The van der Waals surface area contributed by atoms with Crippen LogP contribution in [-0.4, -0.2) is 37.2 Å². The maximum absolute atomic E-state index is 12.9. The SMILES string of the molecule is CC/C=C\C/C=C\C/C=C\C/C=C\CCCCCCCCCCCCCCCCCCCCC(=O)OCC(COC(=O)CCCCCCCCCCC)OC(=O)CCCCCCCCCCCCCCCCCCC. The number of allylic oxidation sites excluding steroid dienone is 8. The minimum absolute atomic E-state index is 0.0658. The molecule has 0 rings (SSSR count). The Kier molecular flexibility index (Phi) is 61.7. The summed E-state index contributed by atoms with van der Waals surface area (Å²) in [7, 11) is 0. The Bertz CT molecular complexity index is 1300. The predicted octanol–water partition coefficient (Wildman–Crippen LogP) is 22.6. The molecule has 0 amide bonds. The maximum Gasteiger partial charge on any atom is 0.306 e. The lowest BCUT2D eigenvalue weighted by atomic mass is 10.0. The fourth-order valence-corrected chi connectivity index (χ4v) is 9.91. The summed E-state index contributed by atoms with van der Waals surface area (Å²) in [4.78, 5) is 38.2. The van der Waals surface area contributed by atoms with Crippen LogP contribution in [0.1, 0.15) is 355 Å². The van der Waals surface area contributed by atoms with E-state index in [0.29, 0.717) is 19.3 Å². The predicted molar refractivity (Wildman–Crippen MR) is 325 cm³/mol. The zero-order chi connectivity index (χ0) is 54.3. The van der Waals surface area contributed by atoms with Crippen molar-refractivity contribution in [2.24, 2.45) is 0 Å². The number of ether oxygens (including phenoxy) is 3. The van der Waals surface area contributed by atoms with E-state index < -0.39 is 6.10 Å². The van der Waals surface area contributed by atoms with E-state index in [2.05, 4.69) is 69.4 Å². The molecule has 0 N–H and O–H groups in total. The number of unbranched alkanes of at least 4 members (excludes halogenated alkanes) is 42. The molecule has 1 unspecified atom stereocenters. The van der Waals surface area contributed by atoms with Crippen LogP contribution in [0.3, 0.4) is 0 Å². The van der Waals surface area contributed by atoms with Crippen LogP contribution in [0.25, 0.3) is 0 Å². The van der Waals surface area contributed by atoms with Crippen molar-refractivity contribution in [2.45, 2.75) is 361 Å². The van der Waals surface area contributed by atoms with Crippen molar-refractivity contribution in [3.8, 4) is 0 Å². The van der Waals surface area contributed by atoms with Gasteiger partial charge in [-0.15, -0.1) is 0 Å². The van der Waals surface area contributed by atoms with Gasteiger partial charge in [0.1, 0.15) is 13.2 Å². The van der Waals surface area contributed by atoms with Crippen LogP contribution < -0.4 is 0 Å². The minimum atomic E-state index is -0.766. The third-order valence-corrected chi connectivity index (χ3v) is 14.8. The Morgan fingerprint density at radius 3 is 0.813 bits per heavy atom. The smallest absolute Gasteiger partial charge is 0.306 e. The molecule has 438 valence electrons. The van der Waals surface area contributed by atoms with Gasteiger partial charge in [0.2, 0.25) is 0 Å². The van der Waals surface area contributed by atoms with E-state index in [1.165, 1.54) is 231 Å². The first-order chi connectivity index (χ1) is 37.0. The maximum atomic E-state index is 12.9. The second-order valence-corrected chi connectivity index (χ2v) is 22.4. The molecule has 0 saturated carbocycles. The number of esters is 3. The third-order valence-electron chi connectivity index (χ3n) is 14.8. The van der Waals surface area contributed by atoms with E-state index in [-0.39, 0.29) is 31.1 Å². The highest BCUT2D eigenvalue weighted by Gasteiger charge is 2.19. The second kappa shape index (κ2) is 63.9. The first-order valence-corrected chi connectivity index (χ1v) is 33.1. The zero-order valence-corrected chi connectivity index (χ0v) is 50.3. The monoisotopic (exact) mass is 1050 g/mol. The summed E-state index contributed by atoms with van der Waals surface area (Å²) in [6.07, 6.45) is 80.0. The Balaban J connectivity index is 4.06. The number of carbonyl (C=O) groups excluding carboxylic acids is 3. The Hall–Kier alpha value is -2.63. The molecular formula is C69H126O6. The number of hydrogen-bond acceptors (Lipinski definition) is 6. The van der Waals surface area contributed by atoms with Gasteiger partial charge in [0.15, 0.2) is 6.10 Å². The number of hydrogen-bond donors (Lipinski definition) is 0. The van der Waals surface area contributed by atoms with Gasteiger partial charge in [-0.1, -0.05) is 326 Å². The fraction of sp³-hybridized carbons (Fsp3) is 0.841. The van der Waals surface area contributed by atoms with E-state index >= 15 is 0 Å². The quantitative estimate of drug-likeness (QED) is 0.0261. The zero-order valence-electron chi connectivity index (χ0n) is 50.3. The van der Waals surface area contributed by atoms with Crippen LogP contribution >= 0.6 is 0 Å². The molecule has 0 aromatic heterocycles. The van der Waals surface area contributed by atoms with Gasteiger partial charge in [0.25, 0.3) is 0 Å². The van der Waals surface area contributed by atoms with Crippen molar-refractivity contribution in [2.75, 3.05) is 13.2 Å². The van der Waals surface area contributed by atoms with E-state index in [0.717, 1.165) is 83.5 Å². The molecule has 0 saturated heterocycles. The molecule has 6 nitrogen and oxygen atoms in total. The highest BCUT2D eigenvalue weighted by atomic mass is 16.6. The van der Waals surface area contributed by atoms with Crippen LogP contribution in [0, 0.1) is 0 Å². The molecule has 0 aliphatic heterocycles. The van der Waals surface area contributed by atoms with Gasteiger partial charge in [0, 0.05) is 19.3 Å². The molecule has 0 heterocycles. The molecule has 0 aliphatic rings. The lowest BCUT2D eigenvalue weighted by molar-refractivity contribution is -0.167. The van der Waals surface area contributed by atoms with Crippen LogP contribution in [-0.2, 0) is 28.6 Å². The van der Waals surface area contributed by atoms with E-state index in [1.807, 2.05) is 0 Å². The van der Waals surface area contributed by atoms with Crippen LogP contribution in [0.2, 0.25) is 0 Å². The molecule has 0 aromatic carbocycles. The fourth-order valence-electron chi connectivity index (χ4n) is 9.91. The Labute approximate surface area is 467 Å². The lowest BCUT2D eigenvalue weighted by Crippen LogP contribution is -2.30. The molecule has 75 heavy (non-hydrogen) atoms. The highest BCUT2D eigenvalue weighted by molar-refractivity contribution is 5.71. The molecule has 0 fully saturated rings. The van der Waals surface area contributed by atoms with E-state index in [1.54, 1.807) is 0 Å².